The maximum atomic E-state index is 13.0. The van der Waals surface area contributed by atoms with E-state index in [0.717, 1.165) is 45.6 Å². The highest BCUT2D eigenvalue weighted by Crippen LogP contribution is 2.42. The van der Waals surface area contributed by atoms with Gasteiger partial charge in [0, 0.05) is 57.1 Å². The summed E-state index contributed by atoms with van der Waals surface area (Å²) in [7, 11) is 0. The van der Waals surface area contributed by atoms with E-state index in [-0.39, 0.29) is 18.3 Å². The van der Waals surface area contributed by atoms with Crippen molar-refractivity contribution in [1.82, 2.24) is 14.8 Å². The van der Waals surface area contributed by atoms with Crippen molar-refractivity contribution in [3.63, 3.8) is 0 Å². The summed E-state index contributed by atoms with van der Waals surface area (Å²) in [5.74, 6) is 1.77. The van der Waals surface area contributed by atoms with Gasteiger partial charge in [0.2, 0.25) is 5.91 Å². The first kappa shape index (κ1) is 19.6. The van der Waals surface area contributed by atoms with Crippen molar-refractivity contribution in [2.75, 3.05) is 26.2 Å². The molecule has 1 aromatic heterocycles. The van der Waals surface area contributed by atoms with E-state index in [0.29, 0.717) is 23.8 Å². The summed E-state index contributed by atoms with van der Waals surface area (Å²) in [6.07, 6.45) is 9.53. The van der Waals surface area contributed by atoms with Gasteiger partial charge in [-0.15, -0.1) is 12.4 Å². The number of amides is 1. The highest BCUT2D eigenvalue weighted by Gasteiger charge is 2.41. The second-order valence-corrected chi connectivity index (χ2v) is 8.16. The van der Waals surface area contributed by atoms with Crippen molar-refractivity contribution in [3.05, 3.63) is 30.1 Å². The Hall–Kier alpha value is -1.17. The van der Waals surface area contributed by atoms with Gasteiger partial charge in [-0.25, -0.2) is 0 Å². The van der Waals surface area contributed by atoms with Crippen LogP contribution in [0.3, 0.4) is 0 Å². The van der Waals surface area contributed by atoms with Gasteiger partial charge < -0.3 is 10.6 Å². The van der Waals surface area contributed by atoms with E-state index in [1.165, 1.54) is 24.8 Å². The molecule has 4 rings (SSSR count). The maximum Gasteiger partial charge on any atom is 0.225 e. The van der Waals surface area contributed by atoms with E-state index < -0.39 is 0 Å². The van der Waals surface area contributed by atoms with Crippen LogP contribution in [-0.2, 0) is 11.3 Å². The average molecular weight is 379 g/mol. The Morgan fingerprint density at radius 2 is 1.85 bits per heavy atom. The lowest BCUT2D eigenvalue weighted by Crippen LogP contribution is -2.53. The van der Waals surface area contributed by atoms with E-state index in [1.807, 2.05) is 18.5 Å². The minimum Gasteiger partial charge on any atom is -0.340 e. The Morgan fingerprint density at radius 3 is 2.46 bits per heavy atom. The minimum atomic E-state index is 0. The normalized spacial score (nSPS) is 32.0. The van der Waals surface area contributed by atoms with Crippen LogP contribution in [0.15, 0.2) is 24.5 Å². The van der Waals surface area contributed by atoms with Gasteiger partial charge in [-0.05, 0) is 49.1 Å². The quantitative estimate of drug-likeness (QED) is 0.876. The Morgan fingerprint density at radius 1 is 1.15 bits per heavy atom. The first-order valence-electron chi connectivity index (χ1n) is 9.86. The van der Waals surface area contributed by atoms with Crippen LogP contribution in [0.25, 0.3) is 0 Å². The molecule has 2 atom stereocenters. The fourth-order valence-corrected chi connectivity index (χ4v) is 5.13. The molecule has 3 fully saturated rings. The van der Waals surface area contributed by atoms with Gasteiger partial charge in [0.05, 0.1) is 0 Å². The summed E-state index contributed by atoms with van der Waals surface area (Å²) in [4.78, 5) is 21.7. The summed E-state index contributed by atoms with van der Waals surface area (Å²) < 4.78 is 0. The molecule has 1 aliphatic heterocycles. The number of hydrogen-bond donors (Lipinski definition) is 1. The number of nitrogens with two attached hydrogens (primary N) is 1. The van der Waals surface area contributed by atoms with Crippen molar-refractivity contribution >= 4 is 18.3 Å². The van der Waals surface area contributed by atoms with Crippen LogP contribution in [0.4, 0.5) is 0 Å². The molecule has 1 aromatic rings. The third kappa shape index (κ3) is 4.21. The lowest BCUT2D eigenvalue weighted by Gasteiger charge is -2.45. The molecular weight excluding hydrogens is 348 g/mol. The minimum absolute atomic E-state index is 0. The molecule has 3 aliphatic rings. The third-order valence-corrected chi connectivity index (χ3v) is 6.58. The van der Waals surface area contributed by atoms with Gasteiger partial charge in [0.25, 0.3) is 0 Å². The number of hydrogen-bond acceptors (Lipinski definition) is 4. The molecule has 2 saturated carbocycles. The topological polar surface area (TPSA) is 62.5 Å². The second kappa shape index (κ2) is 8.68. The van der Waals surface area contributed by atoms with Gasteiger partial charge in [0.15, 0.2) is 0 Å². The van der Waals surface area contributed by atoms with E-state index in [9.17, 15) is 4.79 Å². The van der Waals surface area contributed by atoms with Crippen molar-refractivity contribution < 1.29 is 4.79 Å². The smallest absolute Gasteiger partial charge is 0.225 e. The van der Waals surface area contributed by atoms with Crippen LogP contribution >= 0.6 is 12.4 Å². The SMILES string of the molecule is Cl.NC1C2CCCC1CC(C(=O)N1CCN(Cc3cccnc3)CC1)C2. The number of halogens is 1. The van der Waals surface area contributed by atoms with Crippen molar-refractivity contribution in [2.24, 2.45) is 23.5 Å². The Labute approximate surface area is 162 Å². The van der Waals surface area contributed by atoms with Crippen molar-refractivity contribution in [2.45, 2.75) is 44.7 Å². The van der Waals surface area contributed by atoms with Gasteiger partial charge in [-0.2, -0.15) is 0 Å². The molecule has 0 aromatic carbocycles. The maximum absolute atomic E-state index is 13.0. The van der Waals surface area contributed by atoms with Crippen LogP contribution in [-0.4, -0.2) is 52.9 Å². The molecule has 5 nitrogen and oxygen atoms in total. The summed E-state index contributed by atoms with van der Waals surface area (Å²) in [6, 6.07) is 4.45. The lowest BCUT2D eigenvalue weighted by molar-refractivity contribution is -0.140. The zero-order valence-electron chi connectivity index (χ0n) is 15.4. The van der Waals surface area contributed by atoms with Gasteiger partial charge in [-0.1, -0.05) is 12.5 Å². The lowest BCUT2D eigenvalue weighted by atomic mass is 9.65. The monoisotopic (exact) mass is 378 g/mol. The zero-order chi connectivity index (χ0) is 17.2. The van der Waals surface area contributed by atoms with Crippen LogP contribution in [0.5, 0.6) is 0 Å². The summed E-state index contributed by atoms with van der Waals surface area (Å²) in [5.41, 5.74) is 7.63. The average Bonchev–Trinajstić information content (AvgIpc) is 2.62. The van der Waals surface area contributed by atoms with E-state index in [2.05, 4.69) is 20.9 Å². The zero-order valence-corrected chi connectivity index (χ0v) is 16.2. The number of aromatic nitrogens is 1. The molecule has 2 unspecified atom stereocenters. The molecule has 6 heteroatoms. The van der Waals surface area contributed by atoms with Crippen LogP contribution < -0.4 is 5.73 Å². The first-order chi connectivity index (χ1) is 12.2. The predicted octanol–water partition coefficient (Wildman–Crippen LogP) is 2.30. The fourth-order valence-electron chi connectivity index (χ4n) is 5.13. The number of pyridine rings is 1. The molecule has 144 valence electrons. The highest BCUT2D eigenvalue weighted by molar-refractivity contribution is 5.85. The summed E-state index contributed by atoms with van der Waals surface area (Å²) in [6.45, 7) is 4.56. The van der Waals surface area contributed by atoms with E-state index in [1.54, 1.807) is 0 Å². The number of carbonyl (C=O) groups excluding carboxylic acids is 1. The molecule has 2 N–H and O–H groups in total. The molecule has 0 radical (unpaired) electrons. The highest BCUT2D eigenvalue weighted by atomic mass is 35.5. The number of rotatable bonds is 3. The largest absolute Gasteiger partial charge is 0.340 e. The van der Waals surface area contributed by atoms with Crippen LogP contribution in [0.2, 0.25) is 0 Å². The van der Waals surface area contributed by atoms with Crippen molar-refractivity contribution in [1.29, 1.82) is 0 Å². The Bertz CT molecular complexity index is 577. The number of fused-ring (bicyclic) bond motifs is 2. The van der Waals surface area contributed by atoms with Gasteiger partial charge in [-0.3, -0.25) is 14.7 Å². The first-order valence-corrected chi connectivity index (χ1v) is 9.86. The standard InChI is InChI=1S/C20H30N4O.ClH/c21-19-16-4-1-5-17(19)12-18(11-16)20(25)24-9-7-23(8-10-24)14-15-3-2-6-22-13-15;/h2-3,6,13,16-19H,1,4-5,7-12,14,21H2;1H. The molecule has 2 bridgehead atoms. The summed E-state index contributed by atoms with van der Waals surface area (Å²) >= 11 is 0. The number of piperazine rings is 1. The molecule has 26 heavy (non-hydrogen) atoms. The number of nitrogens with zero attached hydrogens (tertiary/aromatic N) is 3. The fraction of sp³-hybridized carbons (Fsp3) is 0.700. The molecule has 2 heterocycles. The van der Waals surface area contributed by atoms with Crippen LogP contribution in [0.1, 0.15) is 37.7 Å². The third-order valence-electron chi connectivity index (χ3n) is 6.58. The molecular formula is C20H31ClN4O. The molecule has 1 saturated heterocycles. The van der Waals surface area contributed by atoms with E-state index in [4.69, 9.17) is 5.73 Å². The second-order valence-electron chi connectivity index (χ2n) is 8.16. The molecule has 2 aliphatic carbocycles. The van der Waals surface area contributed by atoms with Crippen LogP contribution in [0, 0.1) is 17.8 Å². The van der Waals surface area contributed by atoms with Crippen molar-refractivity contribution in [3.8, 4) is 0 Å². The van der Waals surface area contributed by atoms with Gasteiger partial charge in [0.1, 0.15) is 0 Å². The Balaban J connectivity index is 0.00000196. The molecule has 0 spiro atoms. The number of carbonyl (C=O) groups is 1. The predicted molar refractivity (Wildman–Crippen MR) is 105 cm³/mol. The van der Waals surface area contributed by atoms with E-state index >= 15 is 0 Å². The Kier molecular flexibility index (Phi) is 6.54. The van der Waals surface area contributed by atoms with Gasteiger partial charge >= 0.3 is 0 Å². The molecule has 1 amide bonds. The summed E-state index contributed by atoms with van der Waals surface area (Å²) in [5, 5.41) is 0.